The van der Waals surface area contributed by atoms with E-state index in [2.05, 4.69) is 22.2 Å². The predicted molar refractivity (Wildman–Crippen MR) is 121 cm³/mol. The molecule has 3 aromatic carbocycles. The van der Waals surface area contributed by atoms with Gasteiger partial charge in [0.05, 0.1) is 28.7 Å². The molecule has 162 valence electrons. The molecule has 0 fully saturated rings. The van der Waals surface area contributed by atoms with Gasteiger partial charge in [0.2, 0.25) is 0 Å². The minimum atomic E-state index is -0.537. The first kappa shape index (κ1) is 21.9. The van der Waals surface area contributed by atoms with Gasteiger partial charge in [-0.05, 0) is 24.9 Å². The number of nitro groups is 2. The lowest BCUT2D eigenvalue weighted by Crippen LogP contribution is -2.26. The average Bonchev–Trinajstić information content (AvgIpc) is 2.82. The van der Waals surface area contributed by atoms with Crippen LogP contribution < -0.4 is 15.3 Å². The molecule has 0 aromatic heterocycles. The number of anilines is 2. The molecule has 0 atom stereocenters. The zero-order valence-electron chi connectivity index (χ0n) is 16.9. The summed E-state index contributed by atoms with van der Waals surface area (Å²) in [5.74, 6) is 0.439. The van der Waals surface area contributed by atoms with Gasteiger partial charge in [-0.3, -0.25) is 25.7 Å². The molecular formula is C21H18N6O5. The van der Waals surface area contributed by atoms with Crippen LogP contribution in [0.25, 0.3) is 0 Å². The molecule has 3 aromatic rings. The summed E-state index contributed by atoms with van der Waals surface area (Å²) in [5.41, 5.74) is 4.26. The van der Waals surface area contributed by atoms with Gasteiger partial charge < -0.3 is 4.74 Å². The van der Waals surface area contributed by atoms with E-state index < -0.39 is 9.85 Å². The van der Waals surface area contributed by atoms with E-state index in [0.29, 0.717) is 16.9 Å². The Morgan fingerprint density at radius 1 is 0.969 bits per heavy atom. The highest BCUT2D eigenvalue weighted by molar-refractivity contribution is 6.02. The Morgan fingerprint density at radius 2 is 1.59 bits per heavy atom. The molecule has 0 saturated carbocycles. The largest absolute Gasteiger partial charge is 0.494 e. The fraction of sp³-hybridized carbons (Fsp3) is 0.0476. The summed E-state index contributed by atoms with van der Waals surface area (Å²) < 4.78 is 5.34. The van der Waals surface area contributed by atoms with E-state index in [4.69, 9.17) is 4.74 Å². The number of nitro benzene ring substituents is 2. The fourth-order valence-corrected chi connectivity index (χ4v) is 2.74. The number of ether oxygens (including phenoxy) is 1. The van der Waals surface area contributed by atoms with Crippen LogP contribution in [0, 0.1) is 20.2 Å². The van der Waals surface area contributed by atoms with Gasteiger partial charge in [0.15, 0.2) is 11.6 Å². The van der Waals surface area contributed by atoms with Crippen LogP contribution in [0.2, 0.25) is 0 Å². The minimum Gasteiger partial charge on any atom is -0.494 e. The number of hydrogen-bond donors (Lipinski definition) is 1. The Balaban J connectivity index is 2.08. The first-order valence-electron chi connectivity index (χ1n) is 9.17. The molecule has 32 heavy (non-hydrogen) atoms. The molecule has 0 aliphatic rings. The molecular weight excluding hydrogens is 416 g/mol. The fourth-order valence-electron chi connectivity index (χ4n) is 2.74. The van der Waals surface area contributed by atoms with Crippen molar-refractivity contribution in [2.45, 2.75) is 0 Å². The number of non-ortho nitro benzene ring substituents is 2. The van der Waals surface area contributed by atoms with Crippen molar-refractivity contribution < 1.29 is 14.6 Å². The van der Waals surface area contributed by atoms with E-state index in [-0.39, 0.29) is 23.0 Å². The summed E-state index contributed by atoms with van der Waals surface area (Å²) >= 11 is 0. The number of aliphatic imine (C=N–C) groups is 1. The first-order chi connectivity index (χ1) is 15.4. The topological polar surface area (TPSA) is 136 Å². The van der Waals surface area contributed by atoms with Crippen molar-refractivity contribution in [3.8, 4) is 5.75 Å². The number of amidine groups is 1. The maximum atomic E-state index is 11.2. The second-order valence-electron chi connectivity index (χ2n) is 6.29. The summed E-state index contributed by atoms with van der Waals surface area (Å²) in [5, 5.41) is 27.9. The molecule has 0 aliphatic heterocycles. The molecule has 11 heteroatoms. The third kappa shape index (κ3) is 5.02. The standard InChI is InChI=1S/C21H18N6O5/c1-22-21(15-6-4-3-5-7-15)24-25(23-16-8-10-17(11-9-16)26(28)29)19-13-12-18(27(30)31)14-20(19)32-2/h3-14,23H,1H2,2H3/b24-21-. The number of nitrogens with one attached hydrogen (secondary N) is 1. The van der Waals surface area contributed by atoms with Crippen molar-refractivity contribution in [1.82, 2.24) is 0 Å². The van der Waals surface area contributed by atoms with Crippen LogP contribution in [0.15, 0.2) is 82.9 Å². The van der Waals surface area contributed by atoms with E-state index in [1.54, 1.807) is 12.1 Å². The van der Waals surface area contributed by atoms with Gasteiger partial charge in [-0.15, -0.1) is 5.10 Å². The van der Waals surface area contributed by atoms with Crippen molar-refractivity contribution >= 4 is 35.3 Å². The van der Waals surface area contributed by atoms with Crippen molar-refractivity contribution in [1.29, 1.82) is 0 Å². The van der Waals surface area contributed by atoms with Gasteiger partial charge in [-0.25, -0.2) is 4.99 Å². The van der Waals surface area contributed by atoms with E-state index >= 15 is 0 Å². The smallest absolute Gasteiger partial charge is 0.273 e. The Bertz CT molecular complexity index is 1170. The van der Waals surface area contributed by atoms with Crippen LogP contribution >= 0.6 is 0 Å². The van der Waals surface area contributed by atoms with Gasteiger partial charge >= 0.3 is 0 Å². The molecule has 11 nitrogen and oxygen atoms in total. The zero-order chi connectivity index (χ0) is 23.1. The first-order valence-corrected chi connectivity index (χ1v) is 9.17. The molecule has 0 amide bonds. The lowest BCUT2D eigenvalue weighted by Gasteiger charge is -2.23. The van der Waals surface area contributed by atoms with Crippen molar-refractivity contribution in [2.24, 2.45) is 10.1 Å². The molecule has 0 spiro atoms. The molecule has 0 unspecified atom stereocenters. The third-order valence-electron chi connectivity index (χ3n) is 4.29. The second-order valence-corrected chi connectivity index (χ2v) is 6.29. The molecule has 3 rings (SSSR count). The van der Waals surface area contributed by atoms with Crippen molar-refractivity contribution in [2.75, 3.05) is 17.7 Å². The SMILES string of the molecule is C=N/C(=N\N(Nc1ccc([N+](=O)[O-])cc1)c1ccc([N+](=O)[O-])cc1OC)c1ccccc1. The predicted octanol–water partition coefficient (Wildman–Crippen LogP) is 4.41. The number of hydrazine groups is 1. The molecule has 0 bridgehead atoms. The Kier molecular flexibility index (Phi) is 6.71. The van der Waals surface area contributed by atoms with Crippen LogP contribution in [0.4, 0.5) is 22.7 Å². The van der Waals surface area contributed by atoms with Gasteiger partial charge in [0.1, 0.15) is 5.69 Å². The second kappa shape index (κ2) is 9.80. The lowest BCUT2D eigenvalue weighted by molar-refractivity contribution is -0.385. The summed E-state index contributed by atoms with van der Waals surface area (Å²) in [4.78, 5) is 25.0. The number of rotatable bonds is 8. The molecule has 0 heterocycles. The van der Waals surface area contributed by atoms with Gasteiger partial charge in [0.25, 0.3) is 11.4 Å². The summed E-state index contributed by atoms with van der Waals surface area (Å²) in [6.07, 6.45) is 0. The number of hydrogen-bond acceptors (Lipinski definition) is 8. The Morgan fingerprint density at radius 3 is 2.16 bits per heavy atom. The molecule has 1 N–H and O–H groups in total. The molecule has 0 radical (unpaired) electrons. The Hall–Kier alpha value is -4.80. The van der Waals surface area contributed by atoms with Crippen molar-refractivity contribution in [3.05, 3.63) is 98.6 Å². The average molecular weight is 434 g/mol. The highest BCUT2D eigenvalue weighted by atomic mass is 16.6. The normalized spacial score (nSPS) is 10.8. The number of hydrazone groups is 1. The Labute approximate surface area is 182 Å². The van der Waals surface area contributed by atoms with Crippen LogP contribution in [0.3, 0.4) is 0 Å². The number of methoxy groups -OCH3 is 1. The van der Waals surface area contributed by atoms with E-state index in [1.807, 2.05) is 18.2 Å². The number of benzene rings is 3. The quantitative estimate of drug-likeness (QED) is 0.240. The summed E-state index contributed by atoms with van der Waals surface area (Å²) in [6, 6.07) is 18.8. The van der Waals surface area contributed by atoms with E-state index in [9.17, 15) is 20.2 Å². The van der Waals surface area contributed by atoms with Crippen LogP contribution in [0.5, 0.6) is 5.75 Å². The van der Waals surface area contributed by atoms with Gasteiger partial charge in [0, 0.05) is 23.8 Å². The van der Waals surface area contributed by atoms with Gasteiger partial charge in [-0.1, -0.05) is 30.3 Å². The maximum absolute atomic E-state index is 11.2. The highest BCUT2D eigenvalue weighted by Crippen LogP contribution is 2.33. The summed E-state index contributed by atoms with van der Waals surface area (Å²) in [7, 11) is 1.38. The van der Waals surface area contributed by atoms with Crippen LogP contribution in [0.1, 0.15) is 5.56 Å². The van der Waals surface area contributed by atoms with E-state index in [1.165, 1.54) is 54.7 Å². The van der Waals surface area contributed by atoms with Crippen LogP contribution in [-0.4, -0.2) is 29.5 Å². The van der Waals surface area contributed by atoms with Gasteiger partial charge in [-0.2, -0.15) is 5.12 Å². The molecule has 0 saturated heterocycles. The van der Waals surface area contributed by atoms with Crippen molar-refractivity contribution in [3.63, 3.8) is 0 Å². The third-order valence-corrected chi connectivity index (χ3v) is 4.29. The van der Waals surface area contributed by atoms with E-state index in [0.717, 1.165) is 0 Å². The monoisotopic (exact) mass is 434 g/mol. The minimum absolute atomic E-state index is 0.0729. The van der Waals surface area contributed by atoms with Crippen LogP contribution in [-0.2, 0) is 0 Å². The lowest BCUT2D eigenvalue weighted by atomic mass is 10.2. The summed E-state index contributed by atoms with van der Waals surface area (Å²) in [6.45, 7) is 3.57. The number of nitrogens with zero attached hydrogens (tertiary/aromatic N) is 5. The highest BCUT2D eigenvalue weighted by Gasteiger charge is 2.18. The maximum Gasteiger partial charge on any atom is 0.273 e. The zero-order valence-corrected chi connectivity index (χ0v) is 16.9. The molecule has 0 aliphatic carbocycles.